The van der Waals surface area contributed by atoms with Crippen molar-refractivity contribution in [3.63, 3.8) is 0 Å². The van der Waals surface area contributed by atoms with Gasteiger partial charge in [-0.25, -0.2) is 0 Å². The maximum atomic E-state index is 12.1. The van der Waals surface area contributed by atoms with E-state index in [1.807, 2.05) is 38.1 Å². The highest BCUT2D eigenvalue weighted by molar-refractivity contribution is 7.87. The molecule has 6 nitrogen and oxygen atoms in total. The van der Waals surface area contributed by atoms with Crippen LogP contribution < -0.4 is 14.2 Å². The Kier molecular flexibility index (Phi) is 7.63. The molecule has 28 heavy (non-hydrogen) atoms. The molecule has 0 aliphatic carbocycles. The molecule has 1 N–H and O–H groups in total. The van der Waals surface area contributed by atoms with E-state index in [-0.39, 0.29) is 23.2 Å². The molecule has 0 saturated carbocycles. The van der Waals surface area contributed by atoms with Gasteiger partial charge in [0.1, 0.15) is 0 Å². The molecule has 0 unspecified atom stereocenters. The van der Waals surface area contributed by atoms with Gasteiger partial charge in [0, 0.05) is 11.8 Å². The molecule has 0 spiro atoms. The van der Waals surface area contributed by atoms with Crippen LogP contribution in [0, 0.1) is 6.92 Å². The van der Waals surface area contributed by atoms with E-state index in [9.17, 15) is 13.2 Å². The van der Waals surface area contributed by atoms with Crippen LogP contribution in [0.15, 0.2) is 48.5 Å². The molecule has 0 aliphatic rings. The zero-order chi connectivity index (χ0) is 20.6. The van der Waals surface area contributed by atoms with Gasteiger partial charge in [-0.15, -0.1) is 0 Å². The molecule has 0 aliphatic heterocycles. The summed E-state index contributed by atoms with van der Waals surface area (Å²) in [5.74, 6) is 0.0845. The molecule has 0 fully saturated rings. The van der Waals surface area contributed by atoms with Crippen LogP contribution in [-0.4, -0.2) is 27.2 Å². The number of rotatable bonds is 9. The van der Waals surface area contributed by atoms with Gasteiger partial charge in [-0.05, 0) is 54.8 Å². The van der Waals surface area contributed by atoms with Crippen LogP contribution in [0.1, 0.15) is 30.9 Å². The number of carbonyl (C=O) groups excluding carboxylic acids is 1. The Balaban J connectivity index is 2.08. The highest BCUT2D eigenvalue weighted by atomic mass is 32.2. The van der Waals surface area contributed by atoms with E-state index in [1.54, 1.807) is 18.2 Å². The topological polar surface area (TPSA) is 81.7 Å². The average Bonchev–Trinajstić information content (AvgIpc) is 2.65. The second-order valence-corrected chi connectivity index (χ2v) is 7.99. The largest absolute Gasteiger partial charge is 0.493 e. The van der Waals surface area contributed by atoms with Crippen LogP contribution >= 0.6 is 0 Å². The van der Waals surface area contributed by atoms with Crippen LogP contribution in [-0.2, 0) is 14.9 Å². The van der Waals surface area contributed by atoms with Gasteiger partial charge in [-0.3, -0.25) is 4.79 Å². The first-order valence-electron chi connectivity index (χ1n) is 8.99. The molecule has 0 radical (unpaired) electrons. The maximum Gasteiger partial charge on any atom is 0.309 e. The van der Waals surface area contributed by atoms with Gasteiger partial charge in [-0.1, -0.05) is 31.5 Å². The Morgan fingerprint density at radius 2 is 1.93 bits per heavy atom. The maximum absolute atomic E-state index is 12.1. The Hall–Kier alpha value is -2.80. The van der Waals surface area contributed by atoms with E-state index in [1.165, 1.54) is 19.3 Å². The van der Waals surface area contributed by atoms with E-state index in [0.717, 1.165) is 12.0 Å². The number of amides is 1. The van der Waals surface area contributed by atoms with Crippen molar-refractivity contribution < 1.29 is 22.1 Å². The molecule has 150 valence electrons. The first-order chi connectivity index (χ1) is 13.3. The molecule has 2 aromatic carbocycles. The minimum Gasteiger partial charge on any atom is -0.493 e. The van der Waals surface area contributed by atoms with Crippen molar-refractivity contribution in [3.8, 4) is 11.5 Å². The summed E-state index contributed by atoms with van der Waals surface area (Å²) in [5, 5.41) is 2.78. The normalized spacial score (nSPS) is 11.4. The van der Waals surface area contributed by atoms with Crippen LogP contribution in [0.2, 0.25) is 0 Å². The minimum atomic E-state index is -3.67. The van der Waals surface area contributed by atoms with E-state index < -0.39 is 10.1 Å². The number of aryl methyl sites for hydroxylation is 1. The van der Waals surface area contributed by atoms with Gasteiger partial charge < -0.3 is 14.2 Å². The average molecular weight is 404 g/mol. The van der Waals surface area contributed by atoms with Gasteiger partial charge in [0.15, 0.2) is 11.5 Å². The molecule has 0 saturated heterocycles. The third kappa shape index (κ3) is 6.74. The van der Waals surface area contributed by atoms with E-state index in [0.29, 0.717) is 17.7 Å². The number of anilines is 1. The van der Waals surface area contributed by atoms with Crippen LogP contribution in [0.3, 0.4) is 0 Å². The first kappa shape index (κ1) is 21.5. The van der Waals surface area contributed by atoms with Gasteiger partial charge in [0.2, 0.25) is 5.91 Å². The van der Waals surface area contributed by atoms with E-state index in [4.69, 9.17) is 8.92 Å². The lowest BCUT2D eigenvalue weighted by Gasteiger charge is -2.11. The first-order valence-corrected chi connectivity index (χ1v) is 10.6. The lowest BCUT2D eigenvalue weighted by molar-refractivity contribution is -0.111. The molecule has 0 bridgehead atoms. The number of unbranched alkanes of at least 4 members (excludes halogenated alkanes) is 1. The summed E-state index contributed by atoms with van der Waals surface area (Å²) in [6, 6.07) is 12.3. The van der Waals surface area contributed by atoms with Gasteiger partial charge in [0.25, 0.3) is 0 Å². The second-order valence-electron chi connectivity index (χ2n) is 6.30. The molecule has 7 heteroatoms. The lowest BCUT2D eigenvalue weighted by Crippen LogP contribution is -2.14. The number of hydrogen-bond donors (Lipinski definition) is 1. The number of nitrogens with one attached hydrogen (secondary N) is 1. The molecule has 0 heterocycles. The van der Waals surface area contributed by atoms with E-state index in [2.05, 4.69) is 5.32 Å². The van der Waals surface area contributed by atoms with Crippen molar-refractivity contribution >= 4 is 27.8 Å². The molecule has 0 aromatic heterocycles. The third-order valence-corrected chi connectivity index (χ3v) is 5.09. The van der Waals surface area contributed by atoms with Crippen molar-refractivity contribution in [1.29, 1.82) is 0 Å². The molecular weight excluding hydrogens is 378 g/mol. The van der Waals surface area contributed by atoms with Crippen molar-refractivity contribution in [2.75, 3.05) is 18.2 Å². The van der Waals surface area contributed by atoms with Gasteiger partial charge in [-0.2, -0.15) is 8.42 Å². The standard InChI is InChI=1S/C21H25NO5S/c1-4-5-13-28(24,25)27-19-11-9-17(15-20(19)26-3)10-12-21(23)22-18-8-6-7-16(2)14-18/h6-12,14-15H,4-5,13H2,1-3H3,(H,22,23)/b12-10+. The zero-order valence-electron chi connectivity index (χ0n) is 16.3. The second kappa shape index (κ2) is 9.94. The number of benzene rings is 2. The summed E-state index contributed by atoms with van der Waals surface area (Å²) in [6.07, 6.45) is 4.30. The Morgan fingerprint density at radius 3 is 2.61 bits per heavy atom. The molecule has 1 amide bonds. The molecule has 2 aromatic rings. The van der Waals surface area contributed by atoms with Gasteiger partial charge >= 0.3 is 10.1 Å². The Bertz CT molecular complexity index is 951. The fourth-order valence-electron chi connectivity index (χ4n) is 2.43. The van der Waals surface area contributed by atoms with Crippen LogP contribution in [0.5, 0.6) is 11.5 Å². The highest BCUT2D eigenvalue weighted by Gasteiger charge is 2.15. The summed E-state index contributed by atoms with van der Waals surface area (Å²) in [7, 11) is -2.24. The third-order valence-electron chi connectivity index (χ3n) is 3.87. The van der Waals surface area contributed by atoms with Crippen molar-refractivity contribution in [2.24, 2.45) is 0 Å². The fraction of sp³-hybridized carbons (Fsp3) is 0.286. The van der Waals surface area contributed by atoms with Crippen molar-refractivity contribution in [3.05, 3.63) is 59.7 Å². The lowest BCUT2D eigenvalue weighted by atomic mass is 10.2. The zero-order valence-corrected chi connectivity index (χ0v) is 17.1. The summed E-state index contributed by atoms with van der Waals surface area (Å²) < 4.78 is 34.3. The smallest absolute Gasteiger partial charge is 0.309 e. The quantitative estimate of drug-likeness (QED) is 0.502. The Morgan fingerprint density at radius 1 is 1.14 bits per heavy atom. The number of carbonyl (C=O) groups is 1. The van der Waals surface area contributed by atoms with Crippen LogP contribution in [0.25, 0.3) is 6.08 Å². The van der Waals surface area contributed by atoms with Crippen molar-refractivity contribution in [1.82, 2.24) is 0 Å². The summed E-state index contributed by atoms with van der Waals surface area (Å²) in [6.45, 7) is 3.86. The summed E-state index contributed by atoms with van der Waals surface area (Å²) in [5.41, 5.74) is 2.44. The predicted molar refractivity (Wildman–Crippen MR) is 111 cm³/mol. The highest BCUT2D eigenvalue weighted by Crippen LogP contribution is 2.30. The van der Waals surface area contributed by atoms with E-state index >= 15 is 0 Å². The molecule has 0 atom stereocenters. The SMILES string of the molecule is CCCCS(=O)(=O)Oc1ccc(/C=C/C(=O)Nc2cccc(C)c2)cc1OC. The minimum absolute atomic E-state index is 0.0482. The monoisotopic (exact) mass is 403 g/mol. The van der Waals surface area contributed by atoms with Crippen molar-refractivity contribution in [2.45, 2.75) is 26.7 Å². The van der Waals surface area contributed by atoms with Gasteiger partial charge in [0.05, 0.1) is 12.9 Å². The molecule has 2 rings (SSSR count). The van der Waals surface area contributed by atoms with Crippen LogP contribution in [0.4, 0.5) is 5.69 Å². The Labute approximate surface area is 166 Å². The molecular formula is C21H25NO5S. The number of methoxy groups -OCH3 is 1. The summed E-state index contributed by atoms with van der Waals surface area (Å²) in [4.78, 5) is 12.1. The summed E-state index contributed by atoms with van der Waals surface area (Å²) >= 11 is 0. The number of hydrogen-bond acceptors (Lipinski definition) is 5. The number of ether oxygens (including phenoxy) is 1. The predicted octanol–water partition coefficient (Wildman–Crippen LogP) is 4.16. The fourth-order valence-corrected chi connectivity index (χ4v) is 3.57.